The fourth-order valence-corrected chi connectivity index (χ4v) is 2.33. The number of carboxylic acids is 1. The Kier molecular flexibility index (Phi) is 5.85. The predicted octanol–water partition coefficient (Wildman–Crippen LogP) is 2.00. The molecule has 0 spiro atoms. The average Bonchev–Trinajstić information content (AvgIpc) is 2.68. The number of carbonyl (C=O) groups is 2. The lowest BCUT2D eigenvalue weighted by Gasteiger charge is -2.26. The maximum absolute atomic E-state index is 13.4. The van der Waals surface area contributed by atoms with Gasteiger partial charge in [-0.05, 0) is 13.8 Å². The Morgan fingerprint density at radius 1 is 1.38 bits per heavy atom. The molecule has 1 heterocycles. The molecule has 0 bridgehead atoms. The zero-order chi connectivity index (χ0) is 18.8. The van der Waals surface area contributed by atoms with Gasteiger partial charge in [0.1, 0.15) is 0 Å². The van der Waals surface area contributed by atoms with Crippen LogP contribution in [0, 0.1) is 19.8 Å². The molecule has 0 radical (unpaired) electrons. The van der Waals surface area contributed by atoms with Crippen molar-refractivity contribution in [1.82, 2.24) is 20.0 Å². The molecule has 1 rings (SSSR count). The van der Waals surface area contributed by atoms with E-state index < -0.39 is 30.1 Å². The van der Waals surface area contributed by atoms with Crippen LogP contribution in [0.15, 0.2) is 0 Å². The van der Waals surface area contributed by atoms with Crippen LogP contribution in [-0.4, -0.2) is 51.6 Å². The minimum atomic E-state index is -4.71. The number of aromatic nitrogens is 2. The molecule has 24 heavy (non-hydrogen) atoms. The van der Waals surface area contributed by atoms with Gasteiger partial charge in [0.15, 0.2) is 6.04 Å². The van der Waals surface area contributed by atoms with Crippen molar-refractivity contribution in [2.75, 3.05) is 13.6 Å². The number of nitrogens with one attached hydrogen (secondary N) is 1. The third-order valence-electron chi connectivity index (χ3n) is 3.76. The van der Waals surface area contributed by atoms with E-state index in [1.54, 1.807) is 0 Å². The summed E-state index contributed by atoms with van der Waals surface area (Å²) in [6.07, 6.45) is -4.71. The second-order valence-corrected chi connectivity index (χ2v) is 5.75. The highest BCUT2D eigenvalue weighted by atomic mass is 19.4. The van der Waals surface area contributed by atoms with Crippen molar-refractivity contribution < 1.29 is 27.9 Å². The van der Waals surface area contributed by atoms with E-state index in [0.717, 1.165) is 4.90 Å². The number of alkyl halides is 3. The molecule has 136 valence electrons. The minimum Gasteiger partial charge on any atom is -0.481 e. The van der Waals surface area contributed by atoms with Crippen LogP contribution >= 0.6 is 0 Å². The lowest BCUT2D eigenvalue weighted by atomic mass is 10.0. The van der Waals surface area contributed by atoms with Crippen molar-refractivity contribution in [3.8, 4) is 0 Å². The van der Waals surface area contributed by atoms with E-state index in [4.69, 9.17) is 5.11 Å². The van der Waals surface area contributed by atoms with Gasteiger partial charge in [0, 0.05) is 31.9 Å². The van der Waals surface area contributed by atoms with Crippen LogP contribution in [0.2, 0.25) is 0 Å². The van der Waals surface area contributed by atoms with Crippen molar-refractivity contribution in [3.05, 3.63) is 17.0 Å². The zero-order valence-electron chi connectivity index (χ0n) is 14.1. The van der Waals surface area contributed by atoms with Crippen LogP contribution in [-0.2, 0) is 11.8 Å². The first-order chi connectivity index (χ1) is 10.9. The topological polar surface area (TPSA) is 87.5 Å². The molecule has 0 aromatic carbocycles. The van der Waals surface area contributed by atoms with Crippen LogP contribution in [0.1, 0.15) is 29.9 Å². The van der Waals surface area contributed by atoms with Gasteiger partial charge in [-0.2, -0.15) is 18.3 Å². The Balaban J connectivity index is 3.04. The Morgan fingerprint density at radius 3 is 2.29 bits per heavy atom. The summed E-state index contributed by atoms with van der Waals surface area (Å²) in [6.45, 7) is 4.07. The largest absolute Gasteiger partial charge is 0.481 e. The number of amides is 2. The van der Waals surface area contributed by atoms with Gasteiger partial charge in [0.05, 0.1) is 11.6 Å². The van der Waals surface area contributed by atoms with E-state index in [-0.39, 0.29) is 23.5 Å². The van der Waals surface area contributed by atoms with Crippen LogP contribution in [0.25, 0.3) is 0 Å². The minimum absolute atomic E-state index is 0.113. The maximum Gasteiger partial charge on any atom is 0.413 e. The Morgan fingerprint density at radius 2 is 1.92 bits per heavy atom. The summed E-state index contributed by atoms with van der Waals surface area (Å²) in [5, 5.41) is 14.7. The summed E-state index contributed by atoms with van der Waals surface area (Å²) in [5.74, 6) is -2.03. The van der Waals surface area contributed by atoms with Crippen molar-refractivity contribution in [2.45, 2.75) is 33.0 Å². The SMILES string of the molecule is Cc1nn(C)c(C)c1C(NC(=O)N(C)CC(C)C(=O)O)C(F)(F)F. The van der Waals surface area contributed by atoms with Gasteiger partial charge in [-0.15, -0.1) is 0 Å². The molecule has 0 aliphatic carbocycles. The predicted molar refractivity (Wildman–Crippen MR) is 79.4 cm³/mol. The second kappa shape index (κ2) is 7.10. The first kappa shape index (κ1) is 19.8. The third kappa shape index (κ3) is 4.39. The van der Waals surface area contributed by atoms with Crippen LogP contribution in [0.4, 0.5) is 18.0 Å². The molecular formula is C14H21F3N4O3. The molecule has 0 saturated heterocycles. The number of urea groups is 1. The summed E-state index contributed by atoms with van der Waals surface area (Å²) in [7, 11) is 2.76. The number of hydrogen-bond acceptors (Lipinski definition) is 3. The highest BCUT2D eigenvalue weighted by Gasteiger charge is 2.45. The van der Waals surface area contributed by atoms with E-state index in [0.29, 0.717) is 0 Å². The van der Waals surface area contributed by atoms with E-state index in [1.807, 2.05) is 5.32 Å². The van der Waals surface area contributed by atoms with Crippen molar-refractivity contribution >= 4 is 12.0 Å². The molecule has 2 unspecified atom stereocenters. The Bertz CT molecular complexity index is 628. The summed E-state index contributed by atoms with van der Waals surface area (Å²) in [5.41, 5.74) is 0.342. The van der Waals surface area contributed by atoms with E-state index in [2.05, 4.69) is 5.10 Å². The lowest BCUT2D eigenvalue weighted by molar-refractivity contribution is -0.155. The van der Waals surface area contributed by atoms with Gasteiger partial charge < -0.3 is 15.3 Å². The first-order valence-electron chi connectivity index (χ1n) is 7.17. The maximum atomic E-state index is 13.4. The molecule has 1 aromatic rings. The number of nitrogens with zero attached hydrogens (tertiary/aromatic N) is 3. The average molecular weight is 350 g/mol. The lowest BCUT2D eigenvalue weighted by Crippen LogP contribution is -2.46. The number of hydrogen-bond donors (Lipinski definition) is 2. The Hall–Kier alpha value is -2.26. The van der Waals surface area contributed by atoms with Crippen LogP contribution < -0.4 is 5.32 Å². The zero-order valence-corrected chi connectivity index (χ0v) is 14.1. The monoisotopic (exact) mass is 350 g/mol. The van der Waals surface area contributed by atoms with Crippen LogP contribution in [0.3, 0.4) is 0 Å². The van der Waals surface area contributed by atoms with Gasteiger partial charge in [0.2, 0.25) is 0 Å². The number of aliphatic carboxylic acids is 1. The Labute approximate surface area is 137 Å². The fourth-order valence-electron chi connectivity index (χ4n) is 2.33. The fraction of sp³-hybridized carbons (Fsp3) is 0.643. The molecule has 2 amide bonds. The van der Waals surface area contributed by atoms with Crippen molar-refractivity contribution in [2.24, 2.45) is 13.0 Å². The first-order valence-corrected chi connectivity index (χ1v) is 7.17. The van der Waals surface area contributed by atoms with Gasteiger partial charge in [-0.3, -0.25) is 9.48 Å². The molecule has 2 atom stereocenters. The molecule has 0 aliphatic heterocycles. The highest BCUT2D eigenvalue weighted by Crippen LogP contribution is 2.35. The second-order valence-electron chi connectivity index (χ2n) is 5.75. The number of halogens is 3. The summed E-state index contributed by atoms with van der Waals surface area (Å²) in [4.78, 5) is 23.8. The van der Waals surface area contributed by atoms with E-state index in [9.17, 15) is 22.8 Å². The van der Waals surface area contributed by atoms with Gasteiger partial charge in [0.25, 0.3) is 0 Å². The molecule has 2 N–H and O–H groups in total. The molecule has 0 fully saturated rings. The number of carboxylic acid groups (broad SMARTS) is 1. The summed E-state index contributed by atoms with van der Waals surface area (Å²) >= 11 is 0. The number of carbonyl (C=O) groups excluding carboxylic acids is 1. The van der Waals surface area contributed by atoms with Gasteiger partial charge in [-0.25, -0.2) is 4.79 Å². The standard InChI is InChI=1S/C14H21F3N4O3/c1-7(12(22)23)6-20(4)13(24)18-11(14(15,16)17)10-8(2)19-21(5)9(10)3/h7,11H,6H2,1-5H3,(H,18,24)(H,22,23). The molecule has 0 aliphatic rings. The third-order valence-corrected chi connectivity index (χ3v) is 3.76. The molecule has 0 saturated carbocycles. The van der Waals surface area contributed by atoms with Crippen molar-refractivity contribution in [1.29, 1.82) is 0 Å². The van der Waals surface area contributed by atoms with E-state index >= 15 is 0 Å². The van der Waals surface area contributed by atoms with Gasteiger partial charge in [-0.1, -0.05) is 6.92 Å². The summed E-state index contributed by atoms with van der Waals surface area (Å²) in [6, 6.07) is -3.23. The molecular weight excluding hydrogens is 329 g/mol. The van der Waals surface area contributed by atoms with Crippen LogP contribution in [0.5, 0.6) is 0 Å². The normalized spacial score (nSPS) is 14.2. The highest BCUT2D eigenvalue weighted by molar-refractivity contribution is 5.76. The summed E-state index contributed by atoms with van der Waals surface area (Å²) < 4.78 is 41.6. The van der Waals surface area contributed by atoms with Crippen molar-refractivity contribution in [3.63, 3.8) is 0 Å². The number of aryl methyl sites for hydroxylation is 2. The molecule has 10 heteroatoms. The molecule has 7 nitrogen and oxygen atoms in total. The van der Waals surface area contributed by atoms with Gasteiger partial charge >= 0.3 is 18.2 Å². The quantitative estimate of drug-likeness (QED) is 0.850. The van der Waals surface area contributed by atoms with E-state index in [1.165, 1.54) is 39.5 Å². The number of rotatable bonds is 5. The molecule has 1 aromatic heterocycles. The smallest absolute Gasteiger partial charge is 0.413 e.